The lowest BCUT2D eigenvalue weighted by molar-refractivity contribution is 0.0981. The maximum Gasteiger partial charge on any atom is 0.260 e. The standard InChI is InChI=1S/C25H26N4O3S/c1-5-32-21-7-6-8-22-23(21)26-25(33-22)28(13-14-29-17(3)15-16(2)27-29)24(31)20-11-9-19(10-12-20)18(4)30/h6-12,15H,5,13-14H2,1-4H3. The Bertz CT molecular complexity index is 1310. The van der Waals surface area contributed by atoms with Gasteiger partial charge >= 0.3 is 0 Å². The average Bonchev–Trinajstić information content (AvgIpc) is 3.37. The summed E-state index contributed by atoms with van der Waals surface area (Å²) in [7, 11) is 0. The molecule has 1 amide bonds. The molecule has 0 aliphatic rings. The summed E-state index contributed by atoms with van der Waals surface area (Å²) in [6.07, 6.45) is 0. The number of thiazole rings is 1. The Balaban J connectivity index is 1.71. The molecule has 0 aliphatic carbocycles. The Morgan fingerprint density at radius 1 is 1.09 bits per heavy atom. The summed E-state index contributed by atoms with van der Waals surface area (Å²) < 4.78 is 8.58. The smallest absolute Gasteiger partial charge is 0.260 e. The number of aromatic nitrogens is 3. The van der Waals surface area contributed by atoms with Crippen LogP contribution in [0.25, 0.3) is 10.2 Å². The van der Waals surface area contributed by atoms with Crippen molar-refractivity contribution < 1.29 is 14.3 Å². The summed E-state index contributed by atoms with van der Waals surface area (Å²) >= 11 is 1.45. The number of anilines is 1. The molecule has 0 atom stereocenters. The average molecular weight is 463 g/mol. The summed E-state index contributed by atoms with van der Waals surface area (Å²) in [5.74, 6) is 0.489. The normalized spacial score (nSPS) is 11.0. The summed E-state index contributed by atoms with van der Waals surface area (Å²) in [6.45, 7) is 8.86. The van der Waals surface area contributed by atoms with Crippen LogP contribution in [0.3, 0.4) is 0 Å². The Morgan fingerprint density at radius 2 is 1.82 bits per heavy atom. The Hall–Kier alpha value is -3.52. The molecule has 4 aromatic rings. The molecule has 0 saturated heterocycles. The number of carbonyl (C=O) groups is 2. The van der Waals surface area contributed by atoms with Crippen molar-refractivity contribution in [1.82, 2.24) is 14.8 Å². The first kappa shape index (κ1) is 22.7. The molecule has 0 fully saturated rings. The lowest BCUT2D eigenvalue weighted by atomic mass is 10.1. The molecule has 2 aromatic heterocycles. The van der Waals surface area contributed by atoms with Crippen LogP contribution in [0.2, 0.25) is 0 Å². The van der Waals surface area contributed by atoms with E-state index in [1.807, 2.05) is 49.7 Å². The van der Waals surface area contributed by atoms with E-state index in [-0.39, 0.29) is 11.7 Å². The predicted molar refractivity (Wildman–Crippen MR) is 131 cm³/mol. The molecule has 8 heteroatoms. The number of hydrogen-bond donors (Lipinski definition) is 0. The maximum absolute atomic E-state index is 13.6. The van der Waals surface area contributed by atoms with E-state index in [0.717, 1.165) is 21.6 Å². The lowest BCUT2D eigenvalue weighted by Crippen LogP contribution is -2.34. The van der Waals surface area contributed by atoms with Crippen LogP contribution in [-0.4, -0.2) is 39.6 Å². The van der Waals surface area contributed by atoms with Gasteiger partial charge in [0.15, 0.2) is 10.9 Å². The fourth-order valence-corrected chi connectivity index (χ4v) is 4.69. The van der Waals surface area contributed by atoms with E-state index in [1.165, 1.54) is 18.3 Å². The molecule has 33 heavy (non-hydrogen) atoms. The largest absolute Gasteiger partial charge is 0.492 e. The molecule has 0 N–H and O–H groups in total. The second kappa shape index (κ2) is 9.54. The minimum atomic E-state index is -0.177. The van der Waals surface area contributed by atoms with Crippen LogP contribution in [0.4, 0.5) is 5.13 Å². The van der Waals surface area contributed by atoms with E-state index in [9.17, 15) is 9.59 Å². The number of nitrogens with zero attached hydrogens (tertiary/aromatic N) is 4. The van der Waals surface area contributed by atoms with Crippen LogP contribution < -0.4 is 9.64 Å². The number of benzene rings is 2. The first-order valence-corrected chi connectivity index (χ1v) is 11.6. The van der Waals surface area contributed by atoms with Crippen molar-refractivity contribution in [3.05, 3.63) is 71.0 Å². The Labute approximate surface area is 196 Å². The summed E-state index contributed by atoms with van der Waals surface area (Å²) in [6, 6.07) is 14.5. The number of rotatable bonds is 8. The van der Waals surface area contributed by atoms with Crippen molar-refractivity contribution >= 4 is 38.4 Å². The fourth-order valence-electron chi connectivity index (χ4n) is 3.68. The molecule has 2 heterocycles. The first-order chi connectivity index (χ1) is 15.9. The van der Waals surface area contributed by atoms with Gasteiger partial charge in [-0.25, -0.2) is 4.98 Å². The number of ketones is 1. The van der Waals surface area contributed by atoms with Gasteiger partial charge in [-0.2, -0.15) is 5.10 Å². The highest BCUT2D eigenvalue weighted by Crippen LogP contribution is 2.34. The van der Waals surface area contributed by atoms with Crippen LogP contribution in [0.15, 0.2) is 48.5 Å². The zero-order valence-electron chi connectivity index (χ0n) is 19.2. The van der Waals surface area contributed by atoms with Crippen molar-refractivity contribution in [2.24, 2.45) is 0 Å². The predicted octanol–water partition coefficient (Wildman–Crippen LogP) is 5.06. The van der Waals surface area contributed by atoms with Gasteiger partial charge in [0.1, 0.15) is 11.3 Å². The van der Waals surface area contributed by atoms with Crippen molar-refractivity contribution in [2.75, 3.05) is 18.1 Å². The second-order valence-corrected chi connectivity index (χ2v) is 8.78. The van der Waals surface area contributed by atoms with E-state index >= 15 is 0 Å². The summed E-state index contributed by atoms with van der Waals surface area (Å²) in [5.41, 5.74) is 3.79. The van der Waals surface area contributed by atoms with Gasteiger partial charge in [0.2, 0.25) is 0 Å². The van der Waals surface area contributed by atoms with Crippen LogP contribution in [0, 0.1) is 13.8 Å². The molecule has 0 bridgehead atoms. The van der Waals surface area contributed by atoms with Crippen molar-refractivity contribution in [3.8, 4) is 5.75 Å². The number of carbonyl (C=O) groups excluding carboxylic acids is 2. The molecular formula is C25H26N4O3S. The highest BCUT2D eigenvalue weighted by Gasteiger charge is 2.23. The quantitative estimate of drug-likeness (QED) is 0.342. The molecule has 2 aromatic carbocycles. The topological polar surface area (TPSA) is 77.3 Å². The molecule has 170 valence electrons. The molecule has 0 unspecified atom stereocenters. The van der Waals surface area contributed by atoms with E-state index in [0.29, 0.717) is 41.7 Å². The van der Waals surface area contributed by atoms with Crippen molar-refractivity contribution in [3.63, 3.8) is 0 Å². The van der Waals surface area contributed by atoms with Gasteiger partial charge < -0.3 is 4.74 Å². The van der Waals surface area contributed by atoms with Gasteiger partial charge in [-0.05, 0) is 58.0 Å². The van der Waals surface area contributed by atoms with Crippen molar-refractivity contribution in [2.45, 2.75) is 34.2 Å². The third kappa shape index (κ3) is 4.80. The van der Waals surface area contributed by atoms with Gasteiger partial charge in [-0.15, -0.1) is 0 Å². The number of ether oxygens (including phenoxy) is 1. The first-order valence-electron chi connectivity index (χ1n) is 10.8. The molecule has 0 saturated carbocycles. The van der Waals surface area contributed by atoms with E-state index in [4.69, 9.17) is 9.72 Å². The molecular weight excluding hydrogens is 436 g/mol. The Kier molecular flexibility index (Phi) is 6.55. The third-order valence-electron chi connectivity index (χ3n) is 5.32. The second-order valence-electron chi connectivity index (χ2n) is 7.77. The summed E-state index contributed by atoms with van der Waals surface area (Å²) in [5, 5.41) is 5.12. The number of hydrogen-bond acceptors (Lipinski definition) is 6. The van der Waals surface area contributed by atoms with Crippen LogP contribution in [0.5, 0.6) is 5.75 Å². The Morgan fingerprint density at radius 3 is 2.45 bits per heavy atom. The number of amides is 1. The zero-order chi connectivity index (χ0) is 23.5. The van der Waals surface area contributed by atoms with Crippen molar-refractivity contribution in [1.29, 1.82) is 0 Å². The van der Waals surface area contributed by atoms with Crippen LogP contribution in [-0.2, 0) is 6.54 Å². The minimum absolute atomic E-state index is 0.0370. The van der Waals surface area contributed by atoms with Gasteiger partial charge in [-0.3, -0.25) is 19.2 Å². The third-order valence-corrected chi connectivity index (χ3v) is 6.37. The highest BCUT2D eigenvalue weighted by atomic mass is 32.1. The van der Waals surface area contributed by atoms with E-state index < -0.39 is 0 Å². The molecule has 4 rings (SSSR count). The number of aryl methyl sites for hydroxylation is 2. The van der Waals surface area contributed by atoms with Crippen LogP contribution >= 0.6 is 11.3 Å². The molecule has 0 spiro atoms. The highest BCUT2D eigenvalue weighted by molar-refractivity contribution is 7.22. The van der Waals surface area contributed by atoms with Gasteiger partial charge in [-0.1, -0.05) is 29.5 Å². The van der Waals surface area contributed by atoms with Gasteiger partial charge in [0.05, 0.1) is 23.5 Å². The lowest BCUT2D eigenvalue weighted by Gasteiger charge is -2.20. The molecule has 0 aliphatic heterocycles. The summed E-state index contributed by atoms with van der Waals surface area (Å²) in [4.78, 5) is 31.7. The number of para-hydroxylation sites is 1. The zero-order valence-corrected chi connectivity index (χ0v) is 20.0. The number of fused-ring (bicyclic) bond motifs is 1. The molecule has 0 radical (unpaired) electrons. The monoisotopic (exact) mass is 462 g/mol. The minimum Gasteiger partial charge on any atom is -0.492 e. The van der Waals surface area contributed by atoms with Gasteiger partial charge in [0.25, 0.3) is 5.91 Å². The van der Waals surface area contributed by atoms with Crippen LogP contribution in [0.1, 0.15) is 46.0 Å². The fraction of sp³-hybridized carbons (Fsp3) is 0.280. The molecule has 7 nitrogen and oxygen atoms in total. The number of Topliss-reactive ketones (excluding diaryl/α,β-unsaturated/α-hetero) is 1. The van der Waals surface area contributed by atoms with Gasteiger partial charge in [0, 0.05) is 23.4 Å². The van der Waals surface area contributed by atoms with E-state index in [1.54, 1.807) is 29.2 Å². The maximum atomic E-state index is 13.6. The van der Waals surface area contributed by atoms with E-state index in [2.05, 4.69) is 5.10 Å². The SMILES string of the molecule is CCOc1cccc2sc(N(CCn3nc(C)cc3C)C(=O)c3ccc(C(C)=O)cc3)nc12.